The number of hydrogen-bond acceptors (Lipinski definition) is 4. The van der Waals surface area contributed by atoms with E-state index in [1.165, 1.54) is 12.1 Å². The van der Waals surface area contributed by atoms with Crippen LogP contribution in [0.25, 0.3) is 28.1 Å². The van der Waals surface area contributed by atoms with Gasteiger partial charge in [-0.3, -0.25) is 4.40 Å². The number of likely N-dealkylation sites (N-methyl/N-ethyl adjacent to an activating group) is 1. The SMILES string of the molecule is CN(C)CCn1c2ccccc2n2cc(-c3ccc(O)c(O)c3)nc12. The first kappa shape index (κ1) is 15.5. The number of para-hydroxylation sites is 2. The topological polar surface area (TPSA) is 65.9 Å². The van der Waals surface area contributed by atoms with Crippen molar-refractivity contribution in [3.63, 3.8) is 0 Å². The maximum atomic E-state index is 9.76. The molecule has 0 aliphatic rings. The Labute approximate surface area is 145 Å². The Balaban J connectivity index is 1.89. The van der Waals surface area contributed by atoms with Crippen LogP contribution in [0.4, 0.5) is 0 Å². The van der Waals surface area contributed by atoms with Gasteiger partial charge in [-0.1, -0.05) is 12.1 Å². The normalized spacial score (nSPS) is 11.8. The van der Waals surface area contributed by atoms with Gasteiger partial charge in [0.15, 0.2) is 11.5 Å². The van der Waals surface area contributed by atoms with Crippen molar-refractivity contribution in [2.75, 3.05) is 20.6 Å². The second kappa shape index (κ2) is 5.82. The molecule has 4 rings (SSSR count). The Morgan fingerprint density at radius 1 is 1.00 bits per heavy atom. The van der Waals surface area contributed by atoms with E-state index in [-0.39, 0.29) is 11.5 Å². The van der Waals surface area contributed by atoms with Gasteiger partial charge in [0, 0.05) is 24.8 Å². The van der Waals surface area contributed by atoms with Crippen molar-refractivity contribution in [3.05, 3.63) is 48.7 Å². The highest BCUT2D eigenvalue weighted by Crippen LogP contribution is 2.31. The highest BCUT2D eigenvalue weighted by Gasteiger charge is 2.15. The van der Waals surface area contributed by atoms with Crippen LogP contribution in [0.2, 0.25) is 0 Å². The standard InChI is InChI=1S/C19H20N4O2/c1-21(2)9-10-22-15-5-3-4-6-16(15)23-12-14(20-19(22)23)13-7-8-17(24)18(25)11-13/h3-8,11-12,24-25H,9-10H2,1-2H3. The summed E-state index contributed by atoms with van der Waals surface area (Å²) in [5, 5.41) is 19.3. The lowest BCUT2D eigenvalue weighted by atomic mass is 10.1. The number of imidazole rings is 2. The number of rotatable bonds is 4. The van der Waals surface area contributed by atoms with Crippen LogP contribution >= 0.6 is 0 Å². The number of phenols is 2. The molecule has 6 heteroatoms. The lowest BCUT2D eigenvalue weighted by Gasteiger charge is -2.10. The molecule has 0 fully saturated rings. The Bertz CT molecular complexity index is 1060. The minimum absolute atomic E-state index is 0.131. The third-order valence-corrected chi connectivity index (χ3v) is 4.40. The van der Waals surface area contributed by atoms with Gasteiger partial charge in [0.1, 0.15) is 0 Å². The maximum Gasteiger partial charge on any atom is 0.215 e. The fraction of sp³-hybridized carbons (Fsp3) is 0.211. The lowest BCUT2D eigenvalue weighted by Crippen LogP contribution is -2.18. The number of hydrogen-bond donors (Lipinski definition) is 2. The van der Waals surface area contributed by atoms with Gasteiger partial charge >= 0.3 is 0 Å². The van der Waals surface area contributed by atoms with E-state index in [1.807, 2.05) is 18.3 Å². The molecule has 2 heterocycles. The molecule has 0 saturated carbocycles. The van der Waals surface area contributed by atoms with Gasteiger partial charge in [0.25, 0.3) is 0 Å². The summed E-state index contributed by atoms with van der Waals surface area (Å²) in [5.74, 6) is 0.592. The molecule has 0 saturated heterocycles. The molecule has 0 aliphatic heterocycles. The molecular formula is C19H20N4O2. The van der Waals surface area contributed by atoms with Crippen LogP contribution in [0.3, 0.4) is 0 Å². The summed E-state index contributed by atoms with van der Waals surface area (Å²) < 4.78 is 4.28. The van der Waals surface area contributed by atoms with Crippen molar-refractivity contribution in [2.45, 2.75) is 6.54 Å². The van der Waals surface area contributed by atoms with Crippen molar-refractivity contribution in [3.8, 4) is 22.8 Å². The second-order valence-electron chi connectivity index (χ2n) is 6.44. The predicted octanol–water partition coefficient (Wildman–Crippen LogP) is 2.93. The summed E-state index contributed by atoms with van der Waals surface area (Å²) in [6.45, 7) is 1.75. The fourth-order valence-electron chi connectivity index (χ4n) is 3.08. The molecule has 2 N–H and O–H groups in total. The molecule has 0 bridgehead atoms. The fourth-order valence-corrected chi connectivity index (χ4v) is 3.08. The number of nitrogens with zero attached hydrogens (tertiary/aromatic N) is 4. The quantitative estimate of drug-likeness (QED) is 0.562. The summed E-state index contributed by atoms with van der Waals surface area (Å²) in [5.41, 5.74) is 3.77. The molecule has 25 heavy (non-hydrogen) atoms. The zero-order chi connectivity index (χ0) is 17.6. The number of fused-ring (bicyclic) bond motifs is 3. The van der Waals surface area contributed by atoms with Crippen molar-refractivity contribution in [1.82, 2.24) is 18.9 Å². The third kappa shape index (κ3) is 2.60. The number of aromatic hydroxyl groups is 2. The van der Waals surface area contributed by atoms with Crippen LogP contribution in [0.5, 0.6) is 11.5 Å². The average Bonchev–Trinajstić information content (AvgIpc) is 3.13. The van der Waals surface area contributed by atoms with E-state index in [2.05, 4.69) is 40.1 Å². The predicted molar refractivity (Wildman–Crippen MR) is 98.0 cm³/mol. The first-order valence-corrected chi connectivity index (χ1v) is 8.18. The number of benzene rings is 2. The van der Waals surface area contributed by atoms with Gasteiger partial charge < -0.3 is 19.7 Å². The molecule has 128 valence electrons. The molecule has 4 aromatic rings. The Morgan fingerprint density at radius 2 is 1.76 bits per heavy atom. The van der Waals surface area contributed by atoms with Crippen molar-refractivity contribution >= 4 is 16.8 Å². The molecule has 0 unspecified atom stereocenters. The van der Waals surface area contributed by atoms with Crippen LogP contribution in [0.15, 0.2) is 48.7 Å². The Morgan fingerprint density at radius 3 is 2.48 bits per heavy atom. The molecule has 2 aromatic carbocycles. The largest absolute Gasteiger partial charge is 0.504 e. The number of phenolic OH excluding ortho intramolecular Hbond substituents is 2. The Hall–Kier alpha value is -2.99. The van der Waals surface area contributed by atoms with E-state index in [0.29, 0.717) is 0 Å². The molecule has 0 aliphatic carbocycles. The molecule has 0 atom stereocenters. The van der Waals surface area contributed by atoms with Gasteiger partial charge in [0.05, 0.1) is 16.7 Å². The van der Waals surface area contributed by atoms with Crippen molar-refractivity contribution in [1.29, 1.82) is 0 Å². The third-order valence-electron chi connectivity index (χ3n) is 4.40. The summed E-state index contributed by atoms with van der Waals surface area (Å²) in [7, 11) is 4.11. The van der Waals surface area contributed by atoms with Crippen LogP contribution in [-0.2, 0) is 6.54 Å². The molecule has 6 nitrogen and oxygen atoms in total. The first-order chi connectivity index (χ1) is 12.0. The summed E-state index contributed by atoms with van der Waals surface area (Å²) in [6.07, 6.45) is 1.97. The highest BCUT2D eigenvalue weighted by molar-refractivity contribution is 5.82. The smallest absolute Gasteiger partial charge is 0.215 e. The van der Waals surface area contributed by atoms with Crippen molar-refractivity contribution < 1.29 is 10.2 Å². The van der Waals surface area contributed by atoms with Crippen LogP contribution in [-0.4, -0.2) is 49.7 Å². The molecule has 0 spiro atoms. The van der Waals surface area contributed by atoms with Gasteiger partial charge in [-0.25, -0.2) is 4.98 Å². The first-order valence-electron chi connectivity index (χ1n) is 8.18. The minimum atomic E-state index is -0.143. The van der Waals surface area contributed by atoms with Crippen LogP contribution in [0, 0.1) is 0 Å². The summed E-state index contributed by atoms with van der Waals surface area (Å²) in [6, 6.07) is 13.0. The van der Waals surface area contributed by atoms with Gasteiger partial charge in [-0.05, 0) is 44.4 Å². The van der Waals surface area contributed by atoms with E-state index in [1.54, 1.807) is 6.07 Å². The van der Waals surface area contributed by atoms with Crippen LogP contribution in [0.1, 0.15) is 0 Å². The zero-order valence-electron chi connectivity index (χ0n) is 14.2. The zero-order valence-corrected chi connectivity index (χ0v) is 14.2. The minimum Gasteiger partial charge on any atom is -0.504 e. The summed E-state index contributed by atoms with van der Waals surface area (Å²) >= 11 is 0. The number of aromatic nitrogens is 3. The molecule has 2 aromatic heterocycles. The molecule has 0 radical (unpaired) electrons. The highest BCUT2D eigenvalue weighted by atomic mass is 16.3. The van der Waals surface area contributed by atoms with Gasteiger partial charge in [-0.15, -0.1) is 0 Å². The van der Waals surface area contributed by atoms with E-state index >= 15 is 0 Å². The maximum absolute atomic E-state index is 9.76. The van der Waals surface area contributed by atoms with Gasteiger partial charge in [0.2, 0.25) is 5.78 Å². The lowest BCUT2D eigenvalue weighted by molar-refractivity contribution is 0.388. The van der Waals surface area contributed by atoms with E-state index in [0.717, 1.165) is 41.2 Å². The van der Waals surface area contributed by atoms with E-state index < -0.39 is 0 Å². The second-order valence-corrected chi connectivity index (χ2v) is 6.44. The van der Waals surface area contributed by atoms with E-state index in [9.17, 15) is 10.2 Å². The van der Waals surface area contributed by atoms with Crippen molar-refractivity contribution in [2.24, 2.45) is 0 Å². The Kier molecular flexibility index (Phi) is 3.62. The summed E-state index contributed by atoms with van der Waals surface area (Å²) in [4.78, 5) is 6.93. The monoisotopic (exact) mass is 336 g/mol. The molecule has 0 amide bonds. The molecular weight excluding hydrogens is 316 g/mol. The average molecular weight is 336 g/mol. The van der Waals surface area contributed by atoms with E-state index in [4.69, 9.17) is 4.98 Å². The van der Waals surface area contributed by atoms with Gasteiger partial charge in [-0.2, -0.15) is 0 Å². The van der Waals surface area contributed by atoms with Crippen LogP contribution < -0.4 is 0 Å².